The highest BCUT2D eigenvalue weighted by Crippen LogP contribution is 2.29. The first-order valence-corrected chi connectivity index (χ1v) is 10.9. The standard InChI is InChI=1S/C25H33F3N2O2/c1-19(2)18-32-24-16-21(6-5-20-7-9-22(10-8-20)25(26,27)28)15-23(17-24)31-14-4-3-12-30-13-11-29/h5-10,15-17,19,30H,3-4,11-14,18,29H2,1-2H3/b6-5+. The molecule has 0 spiro atoms. The Kier molecular flexibility index (Phi) is 10.6. The van der Waals surface area contributed by atoms with Crippen molar-refractivity contribution >= 4 is 12.2 Å². The Morgan fingerprint density at radius 3 is 2.19 bits per heavy atom. The molecule has 2 aromatic carbocycles. The molecule has 2 aromatic rings. The van der Waals surface area contributed by atoms with Gasteiger partial charge < -0.3 is 20.5 Å². The second kappa shape index (κ2) is 13.1. The summed E-state index contributed by atoms with van der Waals surface area (Å²) in [5.41, 5.74) is 6.33. The van der Waals surface area contributed by atoms with Crippen LogP contribution in [-0.4, -0.2) is 32.8 Å². The Bertz CT molecular complexity index is 834. The van der Waals surface area contributed by atoms with Crippen molar-refractivity contribution in [1.82, 2.24) is 5.32 Å². The predicted molar refractivity (Wildman–Crippen MR) is 124 cm³/mol. The van der Waals surface area contributed by atoms with Crippen LogP contribution in [0.2, 0.25) is 0 Å². The molecule has 0 aliphatic heterocycles. The molecule has 0 amide bonds. The summed E-state index contributed by atoms with van der Waals surface area (Å²) >= 11 is 0. The summed E-state index contributed by atoms with van der Waals surface area (Å²) in [6.45, 7) is 7.65. The molecule has 3 N–H and O–H groups in total. The van der Waals surface area contributed by atoms with Crippen molar-refractivity contribution in [3.63, 3.8) is 0 Å². The minimum absolute atomic E-state index is 0.381. The second-order valence-electron chi connectivity index (χ2n) is 7.99. The molecule has 0 saturated carbocycles. The van der Waals surface area contributed by atoms with E-state index in [0.29, 0.717) is 42.7 Å². The number of benzene rings is 2. The normalized spacial score (nSPS) is 12.0. The summed E-state index contributed by atoms with van der Waals surface area (Å²) < 4.78 is 50.0. The number of hydrogen-bond acceptors (Lipinski definition) is 4. The monoisotopic (exact) mass is 450 g/mol. The van der Waals surface area contributed by atoms with E-state index in [-0.39, 0.29) is 0 Å². The summed E-state index contributed by atoms with van der Waals surface area (Å²) in [5, 5.41) is 3.25. The second-order valence-corrected chi connectivity index (χ2v) is 7.99. The highest BCUT2D eigenvalue weighted by atomic mass is 19.4. The number of alkyl halides is 3. The van der Waals surface area contributed by atoms with Crippen LogP contribution in [0.1, 0.15) is 43.4 Å². The van der Waals surface area contributed by atoms with E-state index in [1.54, 1.807) is 6.08 Å². The third kappa shape index (κ3) is 9.75. The fraction of sp³-hybridized carbons (Fsp3) is 0.440. The van der Waals surface area contributed by atoms with Gasteiger partial charge in [-0.25, -0.2) is 0 Å². The van der Waals surface area contributed by atoms with Gasteiger partial charge in [-0.1, -0.05) is 38.1 Å². The molecule has 4 nitrogen and oxygen atoms in total. The molecular weight excluding hydrogens is 417 g/mol. The number of unbranched alkanes of at least 4 members (excludes halogenated alkanes) is 1. The topological polar surface area (TPSA) is 56.5 Å². The molecule has 176 valence electrons. The van der Waals surface area contributed by atoms with E-state index < -0.39 is 11.7 Å². The molecule has 0 heterocycles. The van der Waals surface area contributed by atoms with Crippen molar-refractivity contribution in [3.05, 3.63) is 59.2 Å². The lowest BCUT2D eigenvalue weighted by molar-refractivity contribution is -0.137. The van der Waals surface area contributed by atoms with Crippen molar-refractivity contribution in [2.75, 3.05) is 32.8 Å². The fourth-order valence-electron chi connectivity index (χ4n) is 2.86. The molecule has 0 fully saturated rings. The van der Waals surface area contributed by atoms with E-state index in [1.165, 1.54) is 12.1 Å². The number of halogens is 3. The largest absolute Gasteiger partial charge is 0.493 e. The lowest BCUT2D eigenvalue weighted by Crippen LogP contribution is -2.23. The molecular formula is C25H33F3N2O2. The van der Waals surface area contributed by atoms with Gasteiger partial charge in [-0.2, -0.15) is 13.2 Å². The number of ether oxygens (including phenoxy) is 2. The molecule has 0 unspecified atom stereocenters. The van der Waals surface area contributed by atoms with Gasteiger partial charge in [0.15, 0.2) is 0 Å². The third-order valence-electron chi connectivity index (χ3n) is 4.53. The van der Waals surface area contributed by atoms with Crippen molar-refractivity contribution in [1.29, 1.82) is 0 Å². The smallest absolute Gasteiger partial charge is 0.416 e. The average molecular weight is 451 g/mol. The Morgan fingerprint density at radius 1 is 0.906 bits per heavy atom. The Morgan fingerprint density at radius 2 is 1.56 bits per heavy atom. The van der Waals surface area contributed by atoms with Crippen LogP contribution in [-0.2, 0) is 6.18 Å². The van der Waals surface area contributed by atoms with E-state index in [0.717, 1.165) is 43.6 Å². The van der Waals surface area contributed by atoms with Gasteiger partial charge >= 0.3 is 6.18 Å². The molecule has 0 aliphatic carbocycles. The van der Waals surface area contributed by atoms with Gasteiger partial charge in [0.25, 0.3) is 0 Å². The first kappa shape index (κ1) is 25.7. The summed E-state index contributed by atoms with van der Waals surface area (Å²) in [6, 6.07) is 10.7. The van der Waals surface area contributed by atoms with Crippen molar-refractivity contribution in [2.45, 2.75) is 32.9 Å². The van der Waals surface area contributed by atoms with Crippen LogP contribution in [0.4, 0.5) is 13.2 Å². The SMILES string of the molecule is CC(C)COc1cc(/C=C/c2ccc(C(F)(F)F)cc2)cc(OCCCCNCCN)c1. The van der Waals surface area contributed by atoms with Crippen LogP contribution < -0.4 is 20.5 Å². The van der Waals surface area contributed by atoms with Crippen LogP contribution in [0.3, 0.4) is 0 Å². The summed E-state index contributed by atoms with van der Waals surface area (Å²) in [6.07, 6.45) is 1.18. The molecule has 0 bridgehead atoms. The zero-order valence-electron chi connectivity index (χ0n) is 18.8. The summed E-state index contributed by atoms with van der Waals surface area (Å²) in [7, 11) is 0. The zero-order chi connectivity index (χ0) is 23.4. The zero-order valence-corrected chi connectivity index (χ0v) is 18.8. The fourth-order valence-corrected chi connectivity index (χ4v) is 2.86. The Balaban J connectivity index is 2.04. The predicted octanol–water partition coefficient (Wildman–Crippen LogP) is 5.62. The van der Waals surface area contributed by atoms with Gasteiger partial charge in [-0.3, -0.25) is 0 Å². The van der Waals surface area contributed by atoms with Crippen molar-refractivity contribution < 1.29 is 22.6 Å². The highest BCUT2D eigenvalue weighted by molar-refractivity contribution is 5.71. The number of rotatable bonds is 13. The molecule has 0 saturated heterocycles. The van der Waals surface area contributed by atoms with Gasteiger partial charge in [0.05, 0.1) is 18.8 Å². The lowest BCUT2D eigenvalue weighted by atomic mass is 10.1. The third-order valence-corrected chi connectivity index (χ3v) is 4.53. The molecule has 0 aromatic heterocycles. The summed E-state index contributed by atoms with van der Waals surface area (Å²) in [5.74, 6) is 1.79. The van der Waals surface area contributed by atoms with Crippen LogP contribution in [0, 0.1) is 5.92 Å². The number of nitrogens with one attached hydrogen (secondary N) is 1. The maximum Gasteiger partial charge on any atom is 0.416 e. The number of nitrogens with two attached hydrogens (primary N) is 1. The van der Waals surface area contributed by atoms with Gasteiger partial charge in [-0.05, 0) is 60.7 Å². The minimum atomic E-state index is -4.34. The van der Waals surface area contributed by atoms with Gasteiger partial charge in [-0.15, -0.1) is 0 Å². The Hall–Kier alpha value is -2.51. The molecule has 7 heteroatoms. The maximum atomic E-state index is 12.7. The first-order valence-electron chi connectivity index (χ1n) is 10.9. The minimum Gasteiger partial charge on any atom is -0.493 e. The van der Waals surface area contributed by atoms with E-state index in [1.807, 2.05) is 24.3 Å². The number of hydrogen-bond donors (Lipinski definition) is 2. The van der Waals surface area contributed by atoms with E-state index in [9.17, 15) is 13.2 Å². The molecule has 2 rings (SSSR count). The van der Waals surface area contributed by atoms with Crippen LogP contribution >= 0.6 is 0 Å². The van der Waals surface area contributed by atoms with Crippen LogP contribution in [0.15, 0.2) is 42.5 Å². The van der Waals surface area contributed by atoms with Crippen molar-refractivity contribution in [2.24, 2.45) is 11.7 Å². The quantitative estimate of drug-likeness (QED) is 0.307. The highest BCUT2D eigenvalue weighted by Gasteiger charge is 2.29. The maximum absolute atomic E-state index is 12.7. The Labute approximate surface area is 188 Å². The van der Waals surface area contributed by atoms with E-state index >= 15 is 0 Å². The molecule has 0 aliphatic rings. The van der Waals surface area contributed by atoms with Crippen LogP contribution in [0.25, 0.3) is 12.2 Å². The first-order chi connectivity index (χ1) is 15.3. The van der Waals surface area contributed by atoms with Gasteiger partial charge in [0.2, 0.25) is 0 Å². The van der Waals surface area contributed by atoms with Gasteiger partial charge in [0.1, 0.15) is 11.5 Å². The average Bonchev–Trinajstić information content (AvgIpc) is 2.75. The summed E-state index contributed by atoms with van der Waals surface area (Å²) in [4.78, 5) is 0. The molecule has 0 atom stereocenters. The van der Waals surface area contributed by atoms with Crippen molar-refractivity contribution in [3.8, 4) is 11.5 Å². The van der Waals surface area contributed by atoms with Crippen LogP contribution in [0.5, 0.6) is 11.5 Å². The van der Waals surface area contributed by atoms with Gasteiger partial charge in [0, 0.05) is 19.2 Å². The van der Waals surface area contributed by atoms with E-state index in [2.05, 4.69) is 19.2 Å². The molecule has 32 heavy (non-hydrogen) atoms. The van der Waals surface area contributed by atoms with E-state index in [4.69, 9.17) is 15.2 Å². The lowest BCUT2D eigenvalue weighted by Gasteiger charge is -2.13. The molecule has 0 radical (unpaired) electrons.